The Morgan fingerprint density at radius 2 is 2.19 bits per heavy atom. The normalized spacial score (nSPS) is 10.3. The van der Waals surface area contributed by atoms with E-state index < -0.39 is 5.97 Å². The first-order valence-corrected chi connectivity index (χ1v) is 4.88. The van der Waals surface area contributed by atoms with E-state index in [0.29, 0.717) is 11.5 Å². The predicted octanol–water partition coefficient (Wildman–Crippen LogP) is 2.28. The molecule has 16 heavy (non-hydrogen) atoms. The van der Waals surface area contributed by atoms with Gasteiger partial charge in [-0.2, -0.15) is 0 Å². The van der Waals surface area contributed by atoms with Crippen molar-refractivity contribution in [2.24, 2.45) is 0 Å². The van der Waals surface area contributed by atoms with Crippen molar-refractivity contribution in [1.29, 1.82) is 0 Å². The summed E-state index contributed by atoms with van der Waals surface area (Å²) in [5, 5.41) is 8.74. The van der Waals surface area contributed by atoms with Gasteiger partial charge in [-0.25, -0.2) is 4.98 Å². The third-order valence-electron chi connectivity index (χ3n) is 2.35. The van der Waals surface area contributed by atoms with Crippen LogP contribution in [0.2, 0.25) is 0 Å². The van der Waals surface area contributed by atoms with Crippen LogP contribution in [0.5, 0.6) is 0 Å². The van der Waals surface area contributed by atoms with Gasteiger partial charge < -0.3 is 9.52 Å². The molecular formula is C12H11NO3. The van der Waals surface area contributed by atoms with Gasteiger partial charge in [0.1, 0.15) is 17.9 Å². The zero-order valence-corrected chi connectivity index (χ0v) is 8.80. The maximum atomic E-state index is 10.6. The Morgan fingerprint density at radius 3 is 2.88 bits per heavy atom. The lowest BCUT2D eigenvalue weighted by atomic mass is 10.0. The van der Waals surface area contributed by atoms with Gasteiger partial charge >= 0.3 is 5.97 Å². The van der Waals surface area contributed by atoms with Crippen LogP contribution in [0.15, 0.2) is 35.1 Å². The lowest BCUT2D eigenvalue weighted by Gasteiger charge is -2.02. The number of hydrogen-bond acceptors (Lipinski definition) is 3. The Labute approximate surface area is 92.6 Å². The van der Waals surface area contributed by atoms with Crippen LogP contribution in [-0.4, -0.2) is 16.1 Å². The second kappa shape index (κ2) is 4.18. The lowest BCUT2D eigenvalue weighted by Crippen LogP contribution is -2.00. The van der Waals surface area contributed by atoms with Gasteiger partial charge in [0.25, 0.3) is 0 Å². The summed E-state index contributed by atoms with van der Waals surface area (Å²) in [6.45, 7) is 1.95. The molecule has 1 N–H and O–H groups in total. The van der Waals surface area contributed by atoms with Gasteiger partial charge in [-0.15, -0.1) is 0 Å². The Balaban J connectivity index is 2.45. The van der Waals surface area contributed by atoms with E-state index >= 15 is 0 Å². The molecule has 4 heteroatoms. The summed E-state index contributed by atoms with van der Waals surface area (Å²) >= 11 is 0. The molecule has 1 aromatic heterocycles. The molecule has 0 radical (unpaired) electrons. The van der Waals surface area contributed by atoms with Crippen LogP contribution in [0, 0.1) is 6.92 Å². The SMILES string of the molecule is Cc1ccccc1-c1ncoc1CC(=O)O. The van der Waals surface area contributed by atoms with Crippen molar-refractivity contribution in [3.05, 3.63) is 42.0 Å². The highest BCUT2D eigenvalue weighted by Gasteiger charge is 2.14. The van der Waals surface area contributed by atoms with Gasteiger partial charge in [0.05, 0.1) is 0 Å². The molecule has 0 bridgehead atoms. The first-order chi connectivity index (χ1) is 7.68. The van der Waals surface area contributed by atoms with Crippen molar-refractivity contribution in [3.63, 3.8) is 0 Å². The monoisotopic (exact) mass is 217 g/mol. The van der Waals surface area contributed by atoms with E-state index in [-0.39, 0.29) is 6.42 Å². The molecule has 0 aliphatic carbocycles. The van der Waals surface area contributed by atoms with Crippen molar-refractivity contribution in [3.8, 4) is 11.3 Å². The van der Waals surface area contributed by atoms with Gasteiger partial charge in [0, 0.05) is 5.56 Å². The molecule has 0 spiro atoms. The van der Waals surface area contributed by atoms with Crippen molar-refractivity contribution in [2.75, 3.05) is 0 Å². The smallest absolute Gasteiger partial charge is 0.311 e. The standard InChI is InChI=1S/C12H11NO3/c1-8-4-2-3-5-9(8)12-10(6-11(14)15)16-7-13-12/h2-5,7H,6H2,1H3,(H,14,15). The highest BCUT2D eigenvalue weighted by Crippen LogP contribution is 2.25. The molecule has 0 fully saturated rings. The molecule has 82 valence electrons. The largest absolute Gasteiger partial charge is 0.481 e. The zero-order chi connectivity index (χ0) is 11.5. The lowest BCUT2D eigenvalue weighted by molar-refractivity contribution is -0.136. The van der Waals surface area contributed by atoms with Gasteiger partial charge in [-0.1, -0.05) is 24.3 Å². The molecule has 0 saturated carbocycles. The number of oxazole rings is 1. The minimum Gasteiger partial charge on any atom is -0.481 e. The van der Waals surface area contributed by atoms with E-state index in [1.807, 2.05) is 31.2 Å². The quantitative estimate of drug-likeness (QED) is 0.856. The number of carbonyl (C=O) groups is 1. The maximum absolute atomic E-state index is 10.6. The highest BCUT2D eigenvalue weighted by atomic mass is 16.4. The summed E-state index contributed by atoms with van der Waals surface area (Å²) in [5.74, 6) is -0.534. The fourth-order valence-electron chi connectivity index (χ4n) is 1.59. The first kappa shape index (κ1) is 10.4. The van der Waals surface area contributed by atoms with E-state index in [1.165, 1.54) is 6.39 Å². The maximum Gasteiger partial charge on any atom is 0.311 e. The molecule has 1 heterocycles. The number of carboxylic acids is 1. The number of rotatable bonds is 3. The summed E-state index contributed by atoms with van der Waals surface area (Å²) in [7, 11) is 0. The number of hydrogen-bond donors (Lipinski definition) is 1. The van der Waals surface area contributed by atoms with Gasteiger partial charge in [0.15, 0.2) is 6.39 Å². The molecule has 0 saturated heterocycles. The summed E-state index contributed by atoms with van der Waals surface area (Å²) < 4.78 is 5.09. The summed E-state index contributed by atoms with van der Waals surface area (Å²) in [6, 6.07) is 7.67. The third-order valence-corrected chi connectivity index (χ3v) is 2.35. The molecule has 2 aromatic rings. The van der Waals surface area contributed by atoms with Crippen molar-refractivity contribution < 1.29 is 14.3 Å². The van der Waals surface area contributed by atoms with E-state index in [9.17, 15) is 4.79 Å². The Hall–Kier alpha value is -2.10. The summed E-state index contributed by atoms with van der Waals surface area (Å²) in [6.07, 6.45) is 1.13. The van der Waals surface area contributed by atoms with E-state index in [4.69, 9.17) is 9.52 Å². The zero-order valence-electron chi connectivity index (χ0n) is 8.80. The number of aryl methyl sites for hydroxylation is 1. The molecule has 4 nitrogen and oxygen atoms in total. The molecule has 2 rings (SSSR count). The molecular weight excluding hydrogens is 206 g/mol. The highest BCUT2D eigenvalue weighted by molar-refractivity contribution is 5.74. The first-order valence-electron chi connectivity index (χ1n) is 4.88. The van der Waals surface area contributed by atoms with Crippen LogP contribution in [-0.2, 0) is 11.2 Å². The average Bonchev–Trinajstić information content (AvgIpc) is 2.66. The Kier molecular flexibility index (Phi) is 2.72. The minimum absolute atomic E-state index is 0.149. The predicted molar refractivity (Wildman–Crippen MR) is 58.0 cm³/mol. The second-order valence-electron chi connectivity index (χ2n) is 3.51. The fraction of sp³-hybridized carbons (Fsp3) is 0.167. The van der Waals surface area contributed by atoms with Crippen molar-refractivity contribution in [2.45, 2.75) is 13.3 Å². The van der Waals surface area contributed by atoms with Crippen LogP contribution >= 0.6 is 0 Å². The molecule has 0 aliphatic rings. The number of aromatic nitrogens is 1. The number of carboxylic acid groups (broad SMARTS) is 1. The average molecular weight is 217 g/mol. The van der Waals surface area contributed by atoms with Crippen molar-refractivity contribution >= 4 is 5.97 Å². The number of benzene rings is 1. The van der Waals surface area contributed by atoms with E-state index in [2.05, 4.69) is 4.98 Å². The van der Waals surface area contributed by atoms with Gasteiger partial charge in [-0.05, 0) is 12.5 Å². The Bertz CT molecular complexity index is 516. The molecule has 0 unspecified atom stereocenters. The topological polar surface area (TPSA) is 63.3 Å². The third kappa shape index (κ3) is 1.95. The molecule has 0 amide bonds. The summed E-state index contributed by atoms with van der Waals surface area (Å²) in [5.41, 5.74) is 2.57. The molecule has 0 aliphatic heterocycles. The van der Waals surface area contributed by atoms with Crippen molar-refractivity contribution in [1.82, 2.24) is 4.98 Å². The number of nitrogens with zero attached hydrogens (tertiary/aromatic N) is 1. The fourth-order valence-corrected chi connectivity index (χ4v) is 1.59. The second-order valence-corrected chi connectivity index (χ2v) is 3.51. The van der Waals surface area contributed by atoms with Crippen LogP contribution in [0.3, 0.4) is 0 Å². The van der Waals surface area contributed by atoms with E-state index in [0.717, 1.165) is 11.1 Å². The summed E-state index contributed by atoms with van der Waals surface area (Å²) in [4.78, 5) is 14.7. The van der Waals surface area contributed by atoms with Gasteiger partial charge in [0.2, 0.25) is 0 Å². The van der Waals surface area contributed by atoms with Crippen LogP contribution < -0.4 is 0 Å². The molecule has 1 aromatic carbocycles. The Morgan fingerprint density at radius 1 is 1.44 bits per heavy atom. The number of aliphatic carboxylic acids is 1. The minimum atomic E-state index is -0.924. The van der Waals surface area contributed by atoms with Gasteiger partial charge in [-0.3, -0.25) is 4.79 Å². The van der Waals surface area contributed by atoms with Crippen LogP contribution in [0.4, 0.5) is 0 Å². The van der Waals surface area contributed by atoms with Crippen LogP contribution in [0.25, 0.3) is 11.3 Å². The van der Waals surface area contributed by atoms with Crippen LogP contribution in [0.1, 0.15) is 11.3 Å². The molecule has 0 atom stereocenters. The van der Waals surface area contributed by atoms with E-state index in [1.54, 1.807) is 0 Å².